The van der Waals surface area contributed by atoms with Gasteiger partial charge in [0.2, 0.25) is 0 Å². The molecule has 2 saturated heterocycles. The van der Waals surface area contributed by atoms with Crippen LogP contribution >= 0.6 is 10.7 Å². The fourth-order valence-corrected chi connectivity index (χ4v) is 5.55. The van der Waals surface area contributed by atoms with Crippen LogP contribution in [0.25, 0.3) is 0 Å². The first kappa shape index (κ1) is 45.3. The maximum Gasteiger partial charge on any atom is 0.296 e. The molecule has 272 valence electrons. The number of ether oxygens (including phenoxy) is 4. The Hall–Kier alpha value is -1.65. The lowest BCUT2D eigenvalue weighted by molar-refractivity contribution is -0.294. The van der Waals surface area contributed by atoms with E-state index in [2.05, 4.69) is 0 Å². The number of hydrogen-bond acceptors (Lipinski definition) is 11. The van der Waals surface area contributed by atoms with E-state index in [0.29, 0.717) is 32.8 Å². The quantitative estimate of drug-likeness (QED) is 0.250. The largest absolute Gasteiger partial charge is 0.396 e. The lowest BCUT2D eigenvalue weighted by Gasteiger charge is -2.42. The van der Waals surface area contributed by atoms with Gasteiger partial charge >= 0.3 is 0 Å². The van der Waals surface area contributed by atoms with Crippen molar-refractivity contribution in [3.8, 4) is 0 Å². The molecule has 2 heterocycles. The Morgan fingerprint density at radius 1 is 0.681 bits per heavy atom. The Kier molecular flexibility index (Phi) is 17.7. The van der Waals surface area contributed by atoms with Crippen molar-refractivity contribution in [2.75, 3.05) is 46.2 Å². The average molecular weight is 727 g/mol. The maximum absolute atomic E-state index is 12.3. The second-order valence-electron chi connectivity index (χ2n) is 12.4. The summed E-state index contributed by atoms with van der Waals surface area (Å²) in [5.41, 5.74) is 0.956. The van der Waals surface area contributed by atoms with Crippen LogP contribution in [-0.2, 0) is 42.3 Å². The third-order valence-electron chi connectivity index (χ3n) is 7.46. The van der Waals surface area contributed by atoms with Gasteiger partial charge in [-0.1, -0.05) is 57.2 Å². The molecule has 2 aliphatic heterocycles. The molecular weight excluding hydrogens is 672 g/mol. The first-order valence-corrected chi connectivity index (χ1v) is 18.2. The molecule has 47 heavy (non-hydrogen) atoms. The molecule has 11 nitrogen and oxygen atoms in total. The molecule has 0 bridgehead atoms. The lowest BCUT2D eigenvalue weighted by Crippen LogP contribution is -2.50. The summed E-state index contributed by atoms with van der Waals surface area (Å²) >= 11 is 0. The van der Waals surface area contributed by atoms with Gasteiger partial charge in [-0.25, -0.2) is 8.42 Å². The number of hydrogen-bond donors (Lipinski definition) is 2. The molecule has 0 saturated carbocycles. The van der Waals surface area contributed by atoms with Crippen LogP contribution < -0.4 is 0 Å². The summed E-state index contributed by atoms with van der Waals surface area (Å²) in [6.07, 6.45) is 0.715. The molecule has 2 aromatic rings. The molecule has 0 aromatic heterocycles. The molecule has 0 radical (unpaired) electrons. The molecule has 14 heteroatoms. The SMILES string of the molecule is C.C.CC1(C)OCC(CO)(CO)CO1.CCC1(COS(=O)(=O)c2ccc(C)cc2)COC(C)(C)OC1.Cc1ccc(S(=O)(=O)Cl)cc1. The molecule has 2 aliphatic rings. The minimum atomic E-state index is -3.76. The van der Waals surface area contributed by atoms with Crippen molar-refractivity contribution < 1.29 is 50.2 Å². The van der Waals surface area contributed by atoms with E-state index < -0.39 is 41.6 Å². The van der Waals surface area contributed by atoms with E-state index in [1.54, 1.807) is 36.4 Å². The Labute approximate surface area is 287 Å². The van der Waals surface area contributed by atoms with Gasteiger partial charge in [0.25, 0.3) is 19.2 Å². The summed E-state index contributed by atoms with van der Waals surface area (Å²) in [5.74, 6) is -1.22. The molecule has 0 spiro atoms. The van der Waals surface area contributed by atoms with E-state index >= 15 is 0 Å². The van der Waals surface area contributed by atoms with Gasteiger partial charge in [0, 0.05) is 16.1 Å². The molecule has 2 N–H and O–H groups in total. The maximum atomic E-state index is 12.3. The van der Waals surface area contributed by atoms with Crippen LogP contribution in [0.3, 0.4) is 0 Å². The van der Waals surface area contributed by atoms with Crippen LogP contribution in [0.5, 0.6) is 0 Å². The summed E-state index contributed by atoms with van der Waals surface area (Å²) in [4.78, 5) is 0.312. The van der Waals surface area contributed by atoms with E-state index in [4.69, 9.17) is 44.0 Å². The fourth-order valence-electron chi connectivity index (χ4n) is 3.77. The summed E-state index contributed by atoms with van der Waals surface area (Å²) in [7, 11) is -2.23. The van der Waals surface area contributed by atoms with E-state index in [1.807, 2.05) is 48.5 Å². The van der Waals surface area contributed by atoms with Crippen LogP contribution in [0.15, 0.2) is 58.3 Å². The van der Waals surface area contributed by atoms with Crippen LogP contribution in [0, 0.1) is 24.7 Å². The molecule has 2 aromatic carbocycles. The number of rotatable bonds is 8. The van der Waals surface area contributed by atoms with Crippen LogP contribution in [-0.4, -0.2) is 84.9 Å². The summed E-state index contributed by atoms with van der Waals surface area (Å²) in [6, 6.07) is 13.0. The van der Waals surface area contributed by atoms with Crippen molar-refractivity contribution in [2.45, 2.75) is 91.1 Å². The molecule has 0 amide bonds. The highest BCUT2D eigenvalue weighted by molar-refractivity contribution is 8.13. The third kappa shape index (κ3) is 14.4. The number of halogens is 1. The zero-order valence-electron chi connectivity index (χ0n) is 27.0. The number of aliphatic hydroxyl groups excluding tert-OH is 2. The zero-order valence-corrected chi connectivity index (χ0v) is 29.4. The summed E-state index contributed by atoms with van der Waals surface area (Å²) < 4.78 is 73.2. The molecular formula is C33H55ClO11S2. The normalized spacial score (nSPS) is 19.3. The van der Waals surface area contributed by atoms with Gasteiger partial charge in [-0.05, 0) is 72.2 Å². The van der Waals surface area contributed by atoms with Crippen LogP contribution in [0.1, 0.15) is 67.0 Å². The van der Waals surface area contributed by atoms with Gasteiger partial charge < -0.3 is 29.2 Å². The molecule has 0 unspecified atom stereocenters. The molecule has 2 fully saturated rings. The Morgan fingerprint density at radius 2 is 1.02 bits per heavy atom. The Morgan fingerprint density at radius 3 is 1.34 bits per heavy atom. The number of aliphatic hydroxyl groups is 2. The van der Waals surface area contributed by atoms with Gasteiger partial charge in [0.15, 0.2) is 11.6 Å². The highest BCUT2D eigenvalue weighted by Gasteiger charge is 2.41. The second-order valence-corrected chi connectivity index (χ2v) is 16.6. The second kappa shape index (κ2) is 18.4. The van der Waals surface area contributed by atoms with Crippen LogP contribution in [0.4, 0.5) is 0 Å². The van der Waals surface area contributed by atoms with Gasteiger partial charge in [-0.3, -0.25) is 4.18 Å². The molecule has 0 aliphatic carbocycles. The smallest absolute Gasteiger partial charge is 0.296 e. The standard InChI is InChI=1S/C16H24O5S.C8H16O4.C7H7ClO2S.2CH4/c1-5-16(10-19-15(3,4)20-11-16)12-21-22(17,18)14-8-6-13(2)7-9-14;1-7(2)11-5-8(3-9,4-10)6-12-7;1-6-2-4-7(5-3-6)11(8,9)10;;/h6-9H,5,10-12H2,1-4H3;9-10H,3-6H2,1-2H3;2-5H,1H3;2*1H4. The Balaban J connectivity index is 0.000000721. The van der Waals surface area contributed by atoms with E-state index in [9.17, 15) is 16.8 Å². The van der Waals surface area contributed by atoms with Crippen molar-refractivity contribution in [2.24, 2.45) is 10.8 Å². The predicted octanol–water partition coefficient (Wildman–Crippen LogP) is 5.81. The van der Waals surface area contributed by atoms with Crippen molar-refractivity contribution in [3.63, 3.8) is 0 Å². The van der Waals surface area contributed by atoms with Crippen molar-refractivity contribution in [3.05, 3.63) is 59.7 Å². The number of aryl methyl sites for hydroxylation is 2. The van der Waals surface area contributed by atoms with Crippen molar-refractivity contribution in [1.82, 2.24) is 0 Å². The monoisotopic (exact) mass is 726 g/mol. The van der Waals surface area contributed by atoms with Crippen molar-refractivity contribution in [1.29, 1.82) is 0 Å². The predicted molar refractivity (Wildman–Crippen MR) is 183 cm³/mol. The van der Waals surface area contributed by atoms with Gasteiger partial charge in [0.1, 0.15) is 0 Å². The van der Waals surface area contributed by atoms with E-state index in [0.717, 1.165) is 11.1 Å². The first-order chi connectivity index (χ1) is 20.7. The van der Waals surface area contributed by atoms with E-state index in [-0.39, 0.29) is 44.5 Å². The Bertz CT molecular complexity index is 1400. The number of benzene rings is 2. The lowest BCUT2D eigenvalue weighted by atomic mass is 9.87. The van der Waals surface area contributed by atoms with Crippen molar-refractivity contribution >= 4 is 29.9 Å². The van der Waals surface area contributed by atoms with Gasteiger partial charge in [-0.2, -0.15) is 8.42 Å². The highest BCUT2D eigenvalue weighted by atomic mass is 35.7. The topological polar surface area (TPSA) is 155 Å². The van der Waals surface area contributed by atoms with E-state index in [1.165, 1.54) is 12.1 Å². The van der Waals surface area contributed by atoms with Gasteiger partial charge in [-0.15, -0.1) is 0 Å². The fraction of sp³-hybridized carbons (Fsp3) is 0.636. The van der Waals surface area contributed by atoms with Crippen LogP contribution in [0.2, 0.25) is 0 Å². The molecule has 0 atom stereocenters. The highest BCUT2D eigenvalue weighted by Crippen LogP contribution is 2.34. The molecule has 4 rings (SSSR count). The minimum Gasteiger partial charge on any atom is -0.396 e. The summed E-state index contributed by atoms with van der Waals surface area (Å²) in [5, 5.41) is 18.0. The van der Waals surface area contributed by atoms with Gasteiger partial charge in [0.05, 0.1) is 61.5 Å². The third-order valence-corrected chi connectivity index (χ3v) is 10.1. The average Bonchev–Trinajstić information content (AvgIpc) is 2.98. The first-order valence-electron chi connectivity index (χ1n) is 14.5. The summed E-state index contributed by atoms with van der Waals surface area (Å²) in [6.45, 7) is 14.4. The minimum absolute atomic E-state index is 0. The zero-order chi connectivity index (χ0) is 34.2.